The first-order chi connectivity index (χ1) is 15.2. The number of carboxylic acid groups (broad SMARTS) is 1. The monoisotopic (exact) mass is 430 g/mol. The van der Waals surface area contributed by atoms with E-state index in [2.05, 4.69) is 26.2 Å². The lowest BCUT2D eigenvalue weighted by Gasteiger charge is -2.37. The van der Waals surface area contributed by atoms with Crippen LogP contribution in [0.4, 0.5) is 10.6 Å². The molecule has 0 radical (unpaired) electrons. The third kappa shape index (κ3) is 6.25. The maximum absolute atomic E-state index is 10.7. The summed E-state index contributed by atoms with van der Waals surface area (Å²) >= 11 is 0. The predicted octanol–water partition coefficient (Wildman–Crippen LogP) is 3.92. The summed E-state index contributed by atoms with van der Waals surface area (Å²) in [6.07, 6.45) is 13.5. The molecule has 0 aromatic carbocycles. The van der Waals surface area contributed by atoms with Gasteiger partial charge < -0.3 is 20.1 Å². The summed E-state index contributed by atoms with van der Waals surface area (Å²) in [6.45, 7) is 6.07. The minimum atomic E-state index is -0.889. The average Bonchev–Trinajstić information content (AvgIpc) is 3.21. The molecule has 1 aromatic rings. The summed E-state index contributed by atoms with van der Waals surface area (Å²) in [5.74, 6) is 2.76. The zero-order valence-electron chi connectivity index (χ0n) is 18.7. The number of rotatable bonds is 5. The van der Waals surface area contributed by atoms with Gasteiger partial charge in [0.15, 0.2) is 11.6 Å². The molecule has 0 bridgehead atoms. The zero-order valence-corrected chi connectivity index (χ0v) is 18.7. The lowest BCUT2D eigenvalue weighted by molar-refractivity contribution is 0.177. The molecule has 2 aliphatic carbocycles. The molecule has 0 spiro atoms. The Labute approximate surface area is 186 Å². The summed E-state index contributed by atoms with van der Waals surface area (Å²) in [5.41, 5.74) is 1.29. The summed E-state index contributed by atoms with van der Waals surface area (Å²) < 4.78 is 5.81. The van der Waals surface area contributed by atoms with Crippen molar-refractivity contribution in [2.24, 2.45) is 5.92 Å². The second kappa shape index (κ2) is 11.0. The molecule has 0 atom stereocenters. The molecule has 2 N–H and O–H groups in total. The van der Waals surface area contributed by atoms with E-state index in [1.165, 1.54) is 37.7 Å². The molecular formula is C24H38N4O3. The lowest BCUT2D eigenvalue weighted by Crippen LogP contribution is -2.47. The number of carbonyl (C=O) groups is 1. The van der Waals surface area contributed by atoms with Gasteiger partial charge in [-0.15, -0.1) is 0 Å². The molecule has 172 valence electrons. The number of aromatic nitrogens is 1. The van der Waals surface area contributed by atoms with E-state index >= 15 is 0 Å². The number of pyridine rings is 1. The summed E-state index contributed by atoms with van der Waals surface area (Å²) in [6, 6.07) is 2.23. The van der Waals surface area contributed by atoms with Crippen LogP contribution in [-0.4, -0.2) is 66.5 Å². The number of nitrogens with one attached hydrogen (secondary N) is 1. The van der Waals surface area contributed by atoms with E-state index in [9.17, 15) is 4.79 Å². The van der Waals surface area contributed by atoms with Crippen LogP contribution in [0.5, 0.6) is 5.75 Å². The highest BCUT2D eigenvalue weighted by atomic mass is 16.5. The van der Waals surface area contributed by atoms with E-state index in [0.717, 1.165) is 88.9 Å². The molecule has 7 nitrogen and oxygen atoms in total. The van der Waals surface area contributed by atoms with Gasteiger partial charge in [0, 0.05) is 50.4 Å². The maximum atomic E-state index is 10.7. The summed E-state index contributed by atoms with van der Waals surface area (Å²) in [5, 5.41) is 11.5. The van der Waals surface area contributed by atoms with Gasteiger partial charge in [-0.3, -0.25) is 4.90 Å². The third-order valence-corrected chi connectivity index (χ3v) is 7.28. The average molecular weight is 431 g/mol. The Morgan fingerprint density at radius 2 is 1.81 bits per heavy atom. The van der Waals surface area contributed by atoms with Crippen molar-refractivity contribution in [1.82, 2.24) is 15.2 Å². The van der Waals surface area contributed by atoms with E-state index in [4.69, 9.17) is 9.84 Å². The van der Waals surface area contributed by atoms with E-state index in [0.29, 0.717) is 0 Å². The van der Waals surface area contributed by atoms with E-state index < -0.39 is 6.09 Å². The molecule has 1 saturated heterocycles. The Morgan fingerprint density at radius 1 is 1.10 bits per heavy atom. The van der Waals surface area contributed by atoms with Gasteiger partial charge in [0.25, 0.3) is 0 Å². The van der Waals surface area contributed by atoms with Crippen molar-refractivity contribution in [3.63, 3.8) is 0 Å². The number of amides is 1. The quantitative estimate of drug-likeness (QED) is 0.737. The number of hydrogen-bond acceptors (Lipinski definition) is 5. The Morgan fingerprint density at radius 3 is 2.45 bits per heavy atom. The van der Waals surface area contributed by atoms with Crippen LogP contribution in [0.25, 0.3) is 0 Å². The third-order valence-electron chi connectivity index (χ3n) is 7.28. The second-order valence-corrected chi connectivity index (χ2v) is 9.42. The maximum Gasteiger partial charge on any atom is 0.404 e. The molecule has 3 fully saturated rings. The Bertz CT molecular complexity index is 705. The molecule has 4 aliphatic rings. The molecule has 1 aromatic heterocycles. The van der Waals surface area contributed by atoms with Gasteiger partial charge >= 0.3 is 6.09 Å². The number of fused-ring (bicyclic) bond motifs is 1. The van der Waals surface area contributed by atoms with Crippen LogP contribution in [0.1, 0.15) is 63.4 Å². The van der Waals surface area contributed by atoms with Gasteiger partial charge in [-0.25, -0.2) is 9.78 Å². The molecular weight excluding hydrogens is 392 g/mol. The summed E-state index contributed by atoms with van der Waals surface area (Å²) in [4.78, 5) is 20.2. The van der Waals surface area contributed by atoms with Crippen molar-refractivity contribution in [2.75, 3.05) is 44.2 Å². The lowest BCUT2D eigenvalue weighted by atomic mass is 9.84. The van der Waals surface area contributed by atoms with Gasteiger partial charge in [0.1, 0.15) is 0 Å². The van der Waals surface area contributed by atoms with Gasteiger partial charge in [-0.2, -0.15) is 0 Å². The number of hydrogen-bond donors (Lipinski definition) is 2. The van der Waals surface area contributed by atoms with Crippen LogP contribution >= 0.6 is 0 Å². The molecule has 2 aliphatic heterocycles. The molecule has 31 heavy (non-hydrogen) atoms. The fourth-order valence-electron chi connectivity index (χ4n) is 4.89. The SMILES string of the molecule is C1CCC1.O=C(O)N[C@H]1CC[C@H](CCN2CCN(c3nccc4c3OCC4)CC2)CC1. The molecule has 7 heteroatoms. The van der Waals surface area contributed by atoms with Crippen LogP contribution in [0.2, 0.25) is 0 Å². The minimum Gasteiger partial charge on any atom is -0.489 e. The van der Waals surface area contributed by atoms with Crippen molar-refractivity contribution in [3.8, 4) is 5.75 Å². The van der Waals surface area contributed by atoms with Crippen molar-refractivity contribution in [1.29, 1.82) is 0 Å². The first-order valence-corrected chi connectivity index (χ1v) is 12.3. The van der Waals surface area contributed by atoms with Crippen LogP contribution in [0, 0.1) is 5.92 Å². The van der Waals surface area contributed by atoms with Crippen LogP contribution < -0.4 is 15.0 Å². The Hall–Kier alpha value is -2.02. The first-order valence-electron chi connectivity index (χ1n) is 12.3. The van der Waals surface area contributed by atoms with Crippen molar-refractivity contribution in [2.45, 2.75) is 70.3 Å². The number of piperazine rings is 1. The van der Waals surface area contributed by atoms with E-state index in [-0.39, 0.29) is 6.04 Å². The first kappa shape index (κ1) is 22.2. The van der Waals surface area contributed by atoms with E-state index in [1.54, 1.807) is 0 Å². The van der Waals surface area contributed by atoms with Crippen LogP contribution in [-0.2, 0) is 6.42 Å². The number of ether oxygens (including phenoxy) is 1. The highest BCUT2D eigenvalue weighted by Crippen LogP contribution is 2.34. The van der Waals surface area contributed by atoms with Gasteiger partial charge in [0.05, 0.1) is 6.61 Å². The molecule has 5 rings (SSSR count). The number of nitrogens with zero attached hydrogens (tertiary/aromatic N) is 3. The summed E-state index contributed by atoms with van der Waals surface area (Å²) in [7, 11) is 0. The minimum absolute atomic E-state index is 0.157. The highest BCUT2D eigenvalue weighted by molar-refractivity contribution is 5.64. The molecule has 3 heterocycles. The highest BCUT2D eigenvalue weighted by Gasteiger charge is 2.26. The van der Waals surface area contributed by atoms with Gasteiger partial charge in [-0.1, -0.05) is 25.7 Å². The topological polar surface area (TPSA) is 77.9 Å². The molecule has 1 amide bonds. The van der Waals surface area contributed by atoms with Crippen molar-refractivity contribution >= 4 is 11.9 Å². The standard InChI is InChI=1S/C20H30N4O3.C4H8/c25-20(26)22-17-3-1-15(2-4-17)6-9-23-10-12-24(13-11-23)19-18-16(5-8-21-19)7-14-27-18;1-2-4-3-1/h5,8,15,17,22H,1-4,6-7,9-14H2,(H,25,26);1-4H2/t15-,17-;. The largest absolute Gasteiger partial charge is 0.489 e. The van der Waals surface area contributed by atoms with Gasteiger partial charge in [0.2, 0.25) is 0 Å². The second-order valence-electron chi connectivity index (χ2n) is 9.42. The van der Waals surface area contributed by atoms with Crippen molar-refractivity contribution < 1.29 is 14.6 Å². The fourth-order valence-corrected chi connectivity index (χ4v) is 4.89. The molecule has 0 unspecified atom stereocenters. The smallest absolute Gasteiger partial charge is 0.404 e. The predicted molar refractivity (Wildman–Crippen MR) is 122 cm³/mol. The van der Waals surface area contributed by atoms with Crippen LogP contribution in [0.3, 0.4) is 0 Å². The van der Waals surface area contributed by atoms with E-state index in [1.807, 2.05) is 6.20 Å². The Kier molecular flexibility index (Phi) is 7.89. The normalized spacial score (nSPS) is 25.5. The number of anilines is 1. The van der Waals surface area contributed by atoms with Crippen LogP contribution in [0.15, 0.2) is 12.3 Å². The van der Waals surface area contributed by atoms with Gasteiger partial charge in [-0.05, 0) is 50.6 Å². The Balaban J connectivity index is 0.000000520. The molecule has 2 saturated carbocycles. The van der Waals surface area contributed by atoms with Crippen molar-refractivity contribution in [3.05, 3.63) is 17.8 Å². The zero-order chi connectivity index (χ0) is 21.5. The fraction of sp³-hybridized carbons (Fsp3) is 0.750.